The first-order valence-corrected chi connectivity index (χ1v) is 6.47. The Balaban J connectivity index is 2.20. The second-order valence-electron chi connectivity index (χ2n) is 4.57. The minimum absolute atomic E-state index is 0.0860. The molecule has 21 heavy (non-hydrogen) atoms. The fourth-order valence-electron chi connectivity index (χ4n) is 2.18. The fraction of sp³-hybridized carbons (Fsp3) is 0.118. The van der Waals surface area contributed by atoms with Crippen LogP contribution >= 0.6 is 0 Å². The Morgan fingerprint density at radius 1 is 0.857 bits per heavy atom. The van der Waals surface area contributed by atoms with Gasteiger partial charge < -0.3 is 13.9 Å². The van der Waals surface area contributed by atoms with Crippen LogP contribution in [0.5, 0.6) is 11.5 Å². The standard InChI is InChI=1S/C17H14O4/c1-19-14-7-4-11(5-8-14)17-16(20-2)9-12-3-6-13(18)10-15(12)21-17/h3-10H,1-2H3. The first kappa shape index (κ1) is 13.2. The van der Waals surface area contributed by atoms with Gasteiger partial charge in [-0.2, -0.15) is 0 Å². The predicted octanol–water partition coefficient (Wildman–Crippen LogP) is 3.43. The van der Waals surface area contributed by atoms with Crippen LogP contribution in [-0.4, -0.2) is 14.2 Å². The highest BCUT2D eigenvalue weighted by Gasteiger charge is 2.15. The number of hydrogen-bond acceptors (Lipinski definition) is 4. The lowest BCUT2D eigenvalue weighted by Gasteiger charge is -2.12. The number of hydrogen-bond donors (Lipinski definition) is 0. The van der Waals surface area contributed by atoms with Crippen LogP contribution in [0.4, 0.5) is 0 Å². The van der Waals surface area contributed by atoms with E-state index in [2.05, 4.69) is 0 Å². The molecule has 106 valence electrons. The average molecular weight is 282 g/mol. The summed E-state index contributed by atoms with van der Waals surface area (Å²) in [7, 11) is 3.21. The number of methoxy groups -OCH3 is 2. The summed E-state index contributed by atoms with van der Waals surface area (Å²) in [5, 5.41) is 0. The predicted molar refractivity (Wildman–Crippen MR) is 80.1 cm³/mol. The fourth-order valence-corrected chi connectivity index (χ4v) is 2.18. The first-order valence-electron chi connectivity index (χ1n) is 6.47. The van der Waals surface area contributed by atoms with E-state index in [1.165, 1.54) is 12.1 Å². The molecule has 0 spiro atoms. The molecule has 1 aromatic rings. The van der Waals surface area contributed by atoms with E-state index in [0.29, 0.717) is 17.3 Å². The Labute approximate surface area is 121 Å². The molecule has 0 atom stereocenters. The van der Waals surface area contributed by atoms with E-state index in [9.17, 15) is 4.79 Å². The molecule has 1 heterocycles. The average Bonchev–Trinajstić information content (AvgIpc) is 2.53. The molecule has 2 aliphatic rings. The highest BCUT2D eigenvalue weighted by atomic mass is 16.5. The van der Waals surface area contributed by atoms with E-state index < -0.39 is 0 Å². The Morgan fingerprint density at radius 2 is 1.57 bits per heavy atom. The summed E-state index contributed by atoms with van der Waals surface area (Å²) in [6, 6.07) is 14.0. The number of fused-ring (bicyclic) bond motifs is 1. The van der Waals surface area contributed by atoms with Gasteiger partial charge in [0.05, 0.1) is 14.2 Å². The molecule has 0 unspecified atom stereocenters. The molecule has 0 amide bonds. The second kappa shape index (κ2) is 5.32. The van der Waals surface area contributed by atoms with Gasteiger partial charge in [-0.1, -0.05) is 0 Å². The normalized spacial score (nSPS) is 10.6. The molecule has 0 aromatic heterocycles. The van der Waals surface area contributed by atoms with E-state index >= 15 is 0 Å². The molecule has 0 saturated heterocycles. The van der Waals surface area contributed by atoms with Crippen molar-refractivity contribution in [2.45, 2.75) is 0 Å². The maximum absolute atomic E-state index is 11.5. The molecule has 1 aliphatic carbocycles. The topological polar surface area (TPSA) is 48.7 Å². The first-order chi connectivity index (χ1) is 10.2. The monoisotopic (exact) mass is 282 g/mol. The van der Waals surface area contributed by atoms with Crippen molar-refractivity contribution in [2.75, 3.05) is 14.2 Å². The van der Waals surface area contributed by atoms with Crippen molar-refractivity contribution in [3.05, 3.63) is 58.8 Å². The van der Waals surface area contributed by atoms with Crippen molar-refractivity contribution in [1.29, 1.82) is 0 Å². The lowest BCUT2D eigenvalue weighted by Crippen LogP contribution is -1.99. The zero-order chi connectivity index (χ0) is 14.8. The zero-order valence-corrected chi connectivity index (χ0v) is 11.8. The number of benzene rings is 2. The van der Waals surface area contributed by atoms with Crippen LogP contribution in [-0.2, 0) is 0 Å². The summed E-state index contributed by atoms with van der Waals surface area (Å²) in [6.45, 7) is 0. The van der Waals surface area contributed by atoms with E-state index in [-0.39, 0.29) is 5.43 Å². The summed E-state index contributed by atoms with van der Waals surface area (Å²) < 4.78 is 16.4. The molecular formula is C17H14O4. The van der Waals surface area contributed by atoms with Gasteiger partial charge in [0, 0.05) is 17.2 Å². The Hall–Kier alpha value is -2.75. The van der Waals surface area contributed by atoms with Gasteiger partial charge in [0.2, 0.25) is 0 Å². The van der Waals surface area contributed by atoms with E-state index in [4.69, 9.17) is 13.9 Å². The molecule has 0 saturated carbocycles. The maximum atomic E-state index is 11.5. The van der Waals surface area contributed by atoms with E-state index in [1.54, 1.807) is 20.3 Å². The Morgan fingerprint density at radius 3 is 2.24 bits per heavy atom. The molecule has 1 aromatic carbocycles. The van der Waals surface area contributed by atoms with Crippen LogP contribution in [0.25, 0.3) is 22.6 Å². The van der Waals surface area contributed by atoms with Gasteiger partial charge in [0.25, 0.3) is 0 Å². The van der Waals surface area contributed by atoms with Crippen LogP contribution in [0.15, 0.2) is 57.7 Å². The summed E-state index contributed by atoms with van der Waals surface area (Å²) in [5.74, 6) is 2.50. The highest BCUT2D eigenvalue weighted by Crippen LogP contribution is 2.37. The summed E-state index contributed by atoms with van der Waals surface area (Å²) in [5.41, 5.74) is 1.59. The molecular weight excluding hydrogens is 268 g/mol. The molecule has 4 nitrogen and oxygen atoms in total. The summed E-state index contributed by atoms with van der Waals surface area (Å²) >= 11 is 0. The van der Waals surface area contributed by atoms with Crippen molar-refractivity contribution >= 4 is 0 Å². The van der Waals surface area contributed by atoms with Crippen molar-refractivity contribution in [1.82, 2.24) is 0 Å². The van der Waals surface area contributed by atoms with Crippen LogP contribution in [0.2, 0.25) is 0 Å². The third kappa shape index (κ3) is 2.48. The van der Waals surface area contributed by atoms with Crippen LogP contribution in [0, 0.1) is 0 Å². The van der Waals surface area contributed by atoms with Gasteiger partial charge in [-0.25, -0.2) is 0 Å². The van der Waals surface area contributed by atoms with Gasteiger partial charge >= 0.3 is 0 Å². The van der Waals surface area contributed by atoms with Gasteiger partial charge in [-0.3, -0.25) is 4.79 Å². The third-order valence-corrected chi connectivity index (χ3v) is 3.28. The van der Waals surface area contributed by atoms with Crippen molar-refractivity contribution < 1.29 is 13.9 Å². The van der Waals surface area contributed by atoms with E-state index in [0.717, 1.165) is 16.9 Å². The van der Waals surface area contributed by atoms with Gasteiger partial charge in [0.15, 0.2) is 16.9 Å². The van der Waals surface area contributed by atoms with Gasteiger partial charge in [0.1, 0.15) is 11.5 Å². The third-order valence-electron chi connectivity index (χ3n) is 3.28. The summed E-state index contributed by atoms with van der Waals surface area (Å²) in [6.07, 6.45) is 0. The Bertz CT molecular complexity index is 787. The lowest BCUT2D eigenvalue weighted by molar-refractivity contribution is 0.398. The summed E-state index contributed by atoms with van der Waals surface area (Å²) in [4.78, 5) is 11.5. The quantitative estimate of drug-likeness (QED) is 0.738. The lowest BCUT2D eigenvalue weighted by atomic mass is 10.1. The largest absolute Gasteiger partial charge is 0.497 e. The van der Waals surface area contributed by atoms with Crippen LogP contribution in [0.1, 0.15) is 0 Å². The van der Waals surface area contributed by atoms with E-state index in [1.807, 2.05) is 30.3 Å². The van der Waals surface area contributed by atoms with Crippen molar-refractivity contribution in [3.63, 3.8) is 0 Å². The molecule has 0 radical (unpaired) electrons. The van der Waals surface area contributed by atoms with Crippen LogP contribution < -0.4 is 14.9 Å². The maximum Gasteiger partial charge on any atom is 0.182 e. The Kier molecular flexibility index (Phi) is 3.36. The molecule has 0 fully saturated rings. The zero-order valence-electron chi connectivity index (χ0n) is 11.8. The minimum atomic E-state index is -0.0860. The highest BCUT2D eigenvalue weighted by molar-refractivity contribution is 5.71. The molecule has 0 bridgehead atoms. The second-order valence-corrected chi connectivity index (χ2v) is 4.57. The molecule has 4 heteroatoms. The number of ether oxygens (including phenoxy) is 2. The van der Waals surface area contributed by atoms with Crippen molar-refractivity contribution in [2.24, 2.45) is 0 Å². The number of rotatable bonds is 3. The SMILES string of the molecule is COc1ccc(-c2oc3cc(=O)ccc-3cc2OC)cc1. The minimum Gasteiger partial charge on any atom is -0.497 e. The molecule has 1 aliphatic heterocycles. The molecule has 3 rings (SSSR count). The van der Waals surface area contributed by atoms with Gasteiger partial charge in [-0.05, 0) is 42.5 Å². The smallest absolute Gasteiger partial charge is 0.182 e. The van der Waals surface area contributed by atoms with Crippen molar-refractivity contribution in [3.8, 4) is 34.1 Å². The van der Waals surface area contributed by atoms with Gasteiger partial charge in [-0.15, -0.1) is 0 Å². The van der Waals surface area contributed by atoms with Crippen LogP contribution in [0.3, 0.4) is 0 Å². The molecule has 0 N–H and O–H groups in total.